The third-order valence-electron chi connectivity index (χ3n) is 6.06. The zero-order valence-electron chi connectivity index (χ0n) is 19.5. The Morgan fingerprint density at radius 2 is 1.73 bits per heavy atom. The van der Waals surface area contributed by atoms with Gasteiger partial charge in [0, 0.05) is 13.1 Å². The second kappa shape index (κ2) is 8.52. The van der Waals surface area contributed by atoms with Crippen LogP contribution in [0.5, 0.6) is 0 Å². The summed E-state index contributed by atoms with van der Waals surface area (Å²) in [4.78, 5) is 14.0. The molecule has 0 bridgehead atoms. The largest absolute Gasteiger partial charge is 0.494 e. The van der Waals surface area contributed by atoms with Crippen LogP contribution in [-0.2, 0) is 25.4 Å². The van der Waals surface area contributed by atoms with Crippen molar-refractivity contribution in [2.45, 2.75) is 90.8 Å². The number of rotatable bonds is 4. The van der Waals surface area contributed by atoms with Gasteiger partial charge >= 0.3 is 13.2 Å². The number of benzene rings is 1. The summed E-state index contributed by atoms with van der Waals surface area (Å²) in [6.07, 6.45) is 1.53. The molecule has 0 saturated carbocycles. The number of ether oxygens (including phenoxy) is 2. The average Bonchev–Trinajstić information content (AvgIpc) is 2.87. The Kier molecular flexibility index (Phi) is 6.56. The van der Waals surface area contributed by atoms with E-state index in [1.165, 1.54) is 0 Å². The summed E-state index contributed by atoms with van der Waals surface area (Å²) in [7, 11) is -0.369. The van der Waals surface area contributed by atoms with Crippen LogP contribution in [0.2, 0.25) is 0 Å². The van der Waals surface area contributed by atoms with Crippen LogP contribution in [0.3, 0.4) is 0 Å². The SMILES string of the molecule is CC(C)(C)OC(=O)N1CCC(OCc2cccc(B3OC(C)(C)C(C)(C)O3)c2)CC1. The van der Waals surface area contributed by atoms with Gasteiger partial charge in [-0.1, -0.05) is 24.3 Å². The Hall–Kier alpha value is -1.57. The lowest BCUT2D eigenvalue weighted by Crippen LogP contribution is -2.43. The van der Waals surface area contributed by atoms with Crippen LogP contribution in [-0.4, -0.2) is 54.1 Å². The van der Waals surface area contributed by atoms with Gasteiger partial charge < -0.3 is 23.7 Å². The van der Waals surface area contributed by atoms with E-state index in [-0.39, 0.29) is 30.5 Å². The number of amides is 1. The van der Waals surface area contributed by atoms with E-state index in [1.54, 1.807) is 4.90 Å². The molecule has 30 heavy (non-hydrogen) atoms. The molecule has 0 aromatic heterocycles. The standard InChI is InChI=1S/C23H36BNO5/c1-21(2,3)28-20(26)25-13-11-19(12-14-25)27-16-17-9-8-10-18(15-17)24-29-22(4,5)23(6,7)30-24/h8-10,15,19H,11-14,16H2,1-7H3. The molecule has 166 valence electrons. The number of carbonyl (C=O) groups excluding carboxylic acids is 1. The van der Waals surface area contributed by atoms with Crippen molar-refractivity contribution in [3.63, 3.8) is 0 Å². The highest BCUT2D eigenvalue weighted by atomic mass is 16.7. The van der Waals surface area contributed by atoms with Crippen LogP contribution in [0.1, 0.15) is 66.9 Å². The molecule has 2 fully saturated rings. The maximum absolute atomic E-state index is 12.2. The van der Waals surface area contributed by atoms with Crippen molar-refractivity contribution in [1.29, 1.82) is 0 Å². The second-order valence-corrected chi connectivity index (χ2v) is 10.3. The minimum absolute atomic E-state index is 0.143. The van der Waals surface area contributed by atoms with Crippen molar-refractivity contribution in [3.05, 3.63) is 29.8 Å². The minimum atomic E-state index is -0.466. The molecular formula is C23H36BNO5. The molecule has 2 aliphatic rings. The molecule has 7 heteroatoms. The summed E-state index contributed by atoms with van der Waals surface area (Å²) >= 11 is 0. The molecule has 0 atom stereocenters. The number of piperidine rings is 1. The average molecular weight is 417 g/mol. The Balaban J connectivity index is 1.50. The molecule has 0 spiro atoms. The van der Waals surface area contributed by atoms with E-state index in [4.69, 9.17) is 18.8 Å². The highest BCUT2D eigenvalue weighted by molar-refractivity contribution is 6.62. The summed E-state index contributed by atoms with van der Waals surface area (Å²) in [6, 6.07) is 8.21. The number of carbonyl (C=O) groups is 1. The van der Waals surface area contributed by atoms with E-state index in [1.807, 2.05) is 32.9 Å². The highest BCUT2D eigenvalue weighted by Crippen LogP contribution is 2.36. The second-order valence-electron chi connectivity index (χ2n) is 10.3. The number of nitrogens with zero attached hydrogens (tertiary/aromatic N) is 1. The highest BCUT2D eigenvalue weighted by Gasteiger charge is 2.51. The maximum Gasteiger partial charge on any atom is 0.494 e. The van der Waals surface area contributed by atoms with E-state index in [0.717, 1.165) is 23.9 Å². The van der Waals surface area contributed by atoms with E-state index < -0.39 is 5.60 Å². The zero-order valence-corrected chi connectivity index (χ0v) is 19.5. The first kappa shape index (κ1) is 23.1. The summed E-state index contributed by atoms with van der Waals surface area (Å²) in [5.74, 6) is 0. The van der Waals surface area contributed by atoms with E-state index >= 15 is 0 Å². The molecule has 1 amide bonds. The molecule has 0 N–H and O–H groups in total. The van der Waals surface area contributed by atoms with E-state index in [9.17, 15) is 4.79 Å². The molecule has 0 aliphatic carbocycles. The molecule has 2 aliphatic heterocycles. The molecule has 6 nitrogen and oxygen atoms in total. The molecular weight excluding hydrogens is 381 g/mol. The van der Waals surface area contributed by atoms with Gasteiger partial charge in [-0.15, -0.1) is 0 Å². The first-order valence-corrected chi connectivity index (χ1v) is 10.9. The smallest absolute Gasteiger partial charge is 0.444 e. The van der Waals surface area contributed by atoms with Gasteiger partial charge in [-0.25, -0.2) is 4.79 Å². The molecule has 3 rings (SSSR count). The summed E-state index contributed by atoms with van der Waals surface area (Å²) < 4.78 is 23.9. The summed E-state index contributed by atoms with van der Waals surface area (Å²) in [5.41, 5.74) is 0.928. The molecule has 2 heterocycles. The molecule has 2 saturated heterocycles. The number of likely N-dealkylation sites (tertiary alicyclic amines) is 1. The predicted molar refractivity (Wildman–Crippen MR) is 118 cm³/mol. The molecule has 1 aromatic carbocycles. The number of hydrogen-bond acceptors (Lipinski definition) is 5. The monoisotopic (exact) mass is 417 g/mol. The third-order valence-corrected chi connectivity index (χ3v) is 6.06. The van der Waals surface area contributed by atoms with Gasteiger partial charge in [-0.05, 0) is 72.3 Å². The van der Waals surface area contributed by atoms with E-state index in [0.29, 0.717) is 19.7 Å². The lowest BCUT2D eigenvalue weighted by molar-refractivity contribution is -0.0170. The number of hydrogen-bond donors (Lipinski definition) is 0. The van der Waals surface area contributed by atoms with Gasteiger partial charge in [-0.2, -0.15) is 0 Å². The van der Waals surface area contributed by atoms with Gasteiger partial charge in [0.15, 0.2) is 0 Å². The molecule has 0 radical (unpaired) electrons. The summed E-state index contributed by atoms with van der Waals surface area (Å²) in [6.45, 7) is 15.8. The normalized spacial score (nSPS) is 21.7. The van der Waals surface area contributed by atoms with Gasteiger partial charge in [0.1, 0.15) is 5.60 Å². The first-order valence-electron chi connectivity index (χ1n) is 10.9. The van der Waals surface area contributed by atoms with Crippen LogP contribution >= 0.6 is 0 Å². The fourth-order valence-corrected chi connectivity index (χ4v) is 3.55. The summed E-state index contributed by atoms with van der Waals surface area (Å²) in [5, 5.41) is 0. The van der Waals surface area contributed by atoms with Crippen LogP contribution in [0.4, 0.5) is 4.79 Å². The van der Waals surface area contributed by atoms with Crippen molar-refractivity contribution in [1.82, 2.24) is 4.90 Å². The van der Waals surface area contributed by atoms with Crippen LogP contribution in [0.25, 0.3) is 0 Å². The van der Waals surface area contributed by atoms with Gasteiger partial charge in [0.05, 0.1) is 23.9 Å². The van der Waals surface area contributed by atoms with Crippen LogP contribution in [0.15, 0.2) is 24.3 Å². The first-order chi connectivity index (χ1) is 13.9. The Morgan fingerprint density at radius 1 is 1.13 bits per heavy atom. The molecule has 1 aromatic rings. The van der Waals surface area contributed by atoms with Gasteiger partial charge in [0.2, 0.25) is 0 Å². The van der Waals surface area contributed by atoms with Crippen molar-refractivity contribution in [3.8, 4) is 0 Å². The quantitative estimate of drug-likeness (QED) is 0.696. The Morgan fingerprint density at radius 3 is 2.30 bits per heavy atom. The minimum Gasteiger partial charge on any atom is -0.444 e. The van der Waals surface area contributed by atoms with Crippen molar-refractivity contribution < 1.29 is 23.6 Å². The molecule has 0 unspecified atom stereocenters. The fourth-order valence-electron chi connectivity index (χ4n) is 3.55. The predicted octanol–water partition coefficient (Wildman–Crippen LogP) is 3.90. The van der Waals surface area contributed by atoms with Crippen molar-refractivity contribution in [2.75, 3.05) is 13.1 Å². The van der Waals surface area contributed by atoms with Gasteiger partial charge in [-0.3, -0.25) is 0 Å². The Bertz CT molecular complexity index is 734. The zero-order chi connectivity index (χ0) is 22.2. The Labute approximate surface area is 181 Å². The maximum atomic E-state index is 12.2. The van der Waals surface area contributed by atoms with E-state index in [2.05, 4.69) is 39.8 Å². The lowest BCUT2D eigenvalue weighted by atomic mass is 9.78. The fraction of sp³-hybridized carbons (Fsp3) is 0.696. The van der Waals surface area contributed by atoms with Crippen molar-refractivity contribution in [2.24, 2.45) is 0 Å². The third kappa shape index (κ3) is 5.57. The van der Waals surface area contributed by atoms with Crippen molar-refractivity contribution >= 4 is 18.7 Å². The van der Waals surface area contributed by atoms with Gasteiger partial charge in [0.25, 0.3) is 0 Å². The lowest BCUT2D eigenvalue weighted by Gasteiger charge is -2.33. The van der Waals surface area contributed by atoms with Crippen LogP contribution in [0, 0.1) is 0 Å². The van der Waals surface area contributed by atoms with Crippen LogP contribution < -0.4 is 5.46 Å². The topological polar surface area (TPSA) is 57.2 Å².